The Kier molecular flexibility index (Phi) is 8.22. The summed E-state index contributed by atoms with van der Waals surface area (Å²) in [6, 6.07) is -0.666. The molecule has 0 radical (unpaired) electrons. The first-order valence-corrected chi connectivity index (χ1v) is 7.15. The Morgan fingerprint density at radius 2 is 1.85 bits per heavy atom. The highest BCUT2D eigenvalue weighted by molar-refractivity contribution is 5.73. The molecular formula is C14H28N2O4. The van der Waals surface area contributed by atoms with E-state index in [0.717, 1.165) is 12.8 Å². The summed E-state index contributed by atoms with van der Waals surface area (Å²) in [5, 5.41) is 14.8. The van der Waals surface area contributed by atoms with Crippen molar-refractivity contribution in [1.29, 1.82) is 0 Å². The van der Waals surface area contributed by atoms with Crippen molar-refractivity contribution in [2.75, 3.05) is 6.54 Å². The predicted octanol–water partition coefficient (Wildman–Crippen LogP) is 2.13. The number of carboxylic acids is 1. The van der Waals surface area contributed by atoms with E-state index in [4.69, 9.17) is 9.84 Å². The van der Waals surface area contributed by atoms with Gasteiger partial charge in [0.05, 0.1) is 0 Å². The van der Waals surface area contributed by atoms with Crippen molar-refractivity contribution in [3.63, 3.8) is 0 Å². The minimum absolute atomic E-state index is 0.0754. The van der Waals surface area contributed by atoms with E-state index in [0.29, 0.717) is 13.0 Å². The molecule has 0 saturated carbocycles. The zero-order chi connectivity index (χ0) is 15.8. The molecular weight excluding hydrogens is 260 g/mol. The van der Waals surface area contributed by atoms with E-state index in [9.17, 15) is 9.59 Å². The van der Waals surface area contributed by atoms with E-state index in [2.05, 4.69) is 10.6 Å². The standard InChI is InChI=1S/C14H28N2O4/c1-6-8-10(16-11(7-2)12(17)18)9-15-13(19)20-14(3,4)5/h10-11,16H,6-9H2,1-5H3,(H,15,19)(H,17,18). The number of hydrogen-bond donors (Lipinski definition) is 3. The van der Waals surface area contributed by atoms with Crippen molar-refractivity contribution in [2.24, 2.45) is 0 Å². The van der Waals surface area contributed by atoms with E-state index >= 15 is 0 Å². The van der Waals surface area contributed by atoms with E-state index in [-0.39, 0.29) is 6.04 Å². The van der Waals surface area contributed by atoms with Crippen LogP contribution in [0.2, 0.25) is 0 Å². The van der Waals surface area contributed by atoms with Crippen LogP contribution in [0.5, 0.6) is 0 Å². The Morgan fingerprint density at radius 3 is 2.25 bits per heavy atom. The fraction of sp³-hybridized carbons (Fsp3) is 0.857. The normalized spacial score (nSPS) is 14.4. The van der Waals surface area contributed by atoms with Gasteiger partial charge in [-0.05, 0) is 33.6 Å². The van der Waals surface area contributed by atoms with Crippen LogP contribution >= 0.6 is 0 Å². The van der Waals surface area contributed by atoms with Gasteiger partial charge in [0.25, 0.3) is 0 Å². The molecule has 0 aliphatic rings. The number of amides is 1. The molecule has 0 aliphatic heterocycles. The zero-order valence-electron chi connectivity index (χ0n) is 13.2. The summed E-state index contributed by atoms with van der Waals surface area (Å²) in [6.45, 7) is 9.58. The maximum absolute atomic E-state index is 11.6. The van der Waals surface area contributed by atoms with Gasteiger partial charge < -0.3 is 15.2 Å². The Bertz CT molecular complexity index is 313. The second-order valence-corrected chi connectivity index (χ2v) is 5.83. The van der Waals surface area contributed by atoms with Crippen molar-refractivity contribution < 1.29 is 19.4 Å². The second kappa shape index (κ2) is 8.79. The zero-order valence-corrected chi connectivity index (χ0v) is 13.2. The number of carbonyl (C=O) groups excluding carboxylic acids is 1. The van der Waals surface area contributed by atoms with Gasteiger partial charge in [-0.2, -0.15) is 0 Å². The molecule has 6 nitrogen and oxygen atoms in total. The summed E-state index contributed by atoms with van der Waals surface area (Å²) in [5.74, 6) is -0.870. The fourth-order valence-electron chi connectivity index (χ4n) is 1.76. The third kappa shape index (κ3) is 8.74. The van der Waals surface area contributed by atoms with Crippen LogP contribution < -0.4 is 10.6 Å². The molecule has 20 heavy (non-hydrogen) atoms. The molecule has 1 amide bonds. The van der Waals surface area contributed by atoms with Gasteiger partial charge in [0.2, 0.25) is 0 Å². The van der Waals surface area contributed by atoms with E-state index in [1.54, 1.807) is 20.8 Å². The molecule has 3 N–H and O–H groups in total. The first-order chi connectivity index (χ1) is 9.19. The van der Waals surface area contributed by atoms with Crippen LogP contribution in [0.4, 0.5) is 4.79 Å². The van der Waals surface area contributed by atoms with Gasteiger partial charge in [0, 0.05) is 12.6 Å². The maximum Gasteiger partial charge on any atom is 0.407 e. The Hall–Kier alpha value is -1.30. The minimum Gasteiger partial charge on any atom is -0.480 e. The summed E-state index contributed by atoms with van der Waals surface area (Å²) in [7, 11) is 0. The van der Waals surface area contributed by atoms with Crippen LogP contribution in [-0.4, -0.2) is 41.4 Å². The van der Waals surface area contributed by atoms with Crippen molar-refractivity contribution >= 4 is 12.1 Å². The molecule has 118 valence electrons. The molecule has 6 heteroatoms. The average molecular weight is 288 g/mol. The summed E-state index contributed by atoms with van der Waals surface area (Å²) >= 11 is 0. The summed E-state index contributed by atoms with van der Waals surface area (Å²) in [4.78, 5) is 22.6. The van der Waals surface area contributed by atoms with Crippen molar-refractivity contribution in [3.05, 3.63) is 0 Å². The predicted molar refractivity (Wildman–Crippen MR) is 77.8 cm³/mol. The highest BCUT2D eigenvalue weighted by Gasteiger charge is 2.21. The van der Waals surface area contributed by atoms with Crippen LogP contribution in [0, 0.1) is 0 Å². The molecule has 0 bridgehead atoms. The lowest BCUT2D eigenvalue weighted by Gasteiger charge is -2.24. The minimum atomic E-state index is -0.870. The summed E-state index contributed by atoms with van der Waals surface area (Å²) in [5.41, 5.74) is -0.537. The first kappa shape index (κ1) is 18.7. The lowest BCUT2D eigenvalue weighted by molar-refractivity contribution is -0.139. The number of alkyl carbamates (subject to hydrolysis) is 1. The number of carbonyl (C=O) groups is 2. The van der Waals surface area contributed by atoms with Crippen molar-refractivity contribution in [2.45, 2.75) is 71.6 Å². The summed E-state index contributed by atoms with van der Waals surface area (Å²) < 4.78 is 5.15. The van der Waals surface area contributed by atoms with Gasteiger partial charge in [0.15, 0.2) is 0 Å². The van der Waals surface area contributed by atoms with Gasteiger partial charge in [-0.15, -0.1) is 0 Å². The van der Waals surface area contributed by atoms with Gasteiger partial charge >= 0.3 is 12.1 Å². The van der Waals surface area contributed by atoms with E-state index in [1.165, 1.54) is 0 Å². The smallest absolute Gasteiger partial charge is 0.407 e. The van der Waals surface area contributed by atoms with E-state index < -0.39 is 23.7 Å². The van der Waals surface area contributed by atoms with Gasteiger partial charge in [-0.3, -0.25) is 10.1 Å². The Morgan fingerprint density at radius 1 is 1.25 bits per heavy atom. The Balaban J connectivity index is 4.33. The molecule has 0 spiro atoms. The molecule has 0 aliphatic carbocycles. The second-order valence-electron chi connectivity index (χ2n) is 5.83. The summed E-state index contributed by atoms with van der Waals surface area (Å²) in [6.07, 6.45) is 1.72. The third-order valence-corrected chi connectivity index (χ3v) is 2.67. The number of hydrogen-bond acceptors (Lipinski definition) is 4. The highest BCUT2D eigenvalue weighted by atomic mass is 16.6. The quantitative estimate of drug-likeness (QED) is 0.637. The third-order valence-electron chi connectivity index (χ3n) is 2.67. The Labute approximate surface area is 121 Å². The lowest BCUT2D eigenvalue weighted by Crippen LogP contribution is -2.48. The van der Waals surface area contributed by atoms with Gasteiger partial charge in [-0.25, -0.2) is 4.79 Å². The molecule has 0 fully saturated rings. The van der Waals surface area contributed by atoms with Crippen LogP contribution in [0.1, 0.15) is 53.9 Å². The largest absolute Gasteiger partial charge is 0.480 e. The van der Waals surface area contributed by atoms with Crippen LogP contribution in [0.25, 0.3) is 0 Å². The molecule has 0 heterocycles. The number of aliphatic carboxylic acids is 1. The molecule has 0 aromatic carbocycles. The van der Waals surface area contributed by atoms with Gasteiger partial charge in [-0.1, -0.05) is 20.3 Å². The number of carboxylic acid groups (broad SMARTS) is 1. The van der Waals surface area contributed by atoms with Crippen LogP contribution in [0.3, 0.4) is 0 Å². The topological polar surface area (TPSA) is 87.7 Å². The van der Waals surface area contributed by atoms with Crippen molar-refractivity contribution in [1.82, 2.24) is 10.6 Å². The van der Waals surface area contributed by atoms with E-state index in [1.807, 2.05) is 13.8 Å². The molecule has 0 rings (SSSR count). The molecule has 0 saturated heterocycles. The average Bonchev–Trinajstić information content (AvgIpc) is 2.30. The highest BCUT2D eigenvalue weighted by Crippen LogP contribution is 2.07. The molecule has 0 aromatic rings. The van der Waals surface area contributed by atoms with Gasteiger partial charge in [0.1, 0.15) is 11.6 Å². The molecule has 2 unspecified atom stereocenters. The SMILES string of the molecule is CCCC(CNC(=O)OC(C)(C)C)NC(CC)C(=O)O. The maximum atomic E-state index is 11.6. The number of ether oxygens (including phenoxy) is 1. The van der Waals surface area contributed by atoms with Crippen LogP contribution in [-0.2, 0) is 9.53 Å². The number of rotatable bonds is 8. The van der Waals surface area contributed by atoms with Crippen LogP contribution in [0.15, 0.2) is 0 Å². The van der Waals surface area contributed by atoms with Crippen molar-refractivity contribution in [3.8, 4) is 0 Å². The number of nitrogens with one attached hydrogen (secondary N) is 2. The lowest BCUT2D eigenvalue weighted by atomic mass is 10.1. The molecule has 0 aromatic heterocycles. The monoisotopic (exact) mass is 288 g/mol. The fourth-order valence-corrected chi connectivity index (χ4v) is 1.76. The molecule has 2 atom stereocenters. The first-order valence-electron chi connectivity index (χ1n) is 7.15.